The van der Waals surface area contributed by atoms with Gasteiger partial charge in [0.2, 0.25) is 0 Å². The number of nitrogens with two attached hydrogens (primary N) is 1. The van der Waals surface area contributed by atoms with Crippen LogP contribution in [-0.4, -0.2) is 16.1 Å². The van der Waals surface area contributed by atoms with Gasteiger partial charge in [-0.3, -0.25) is 9.36 Å². The van der Waals surface area contributed by atoms with Crippen molar-refractivity contribution >= 4 is 23.1 Å². The van der Waals surface area contributed by atoms with E-state index in [9.17, 15) is 4.79 Å². The minimum Gasteiger partial charge on any atom is -0.330 e. The lowest BCUT2D eigenvalue weighted by Crippen LogP contribution is -2.25. The minimum absolute atomic E-state index is 0.00939. The molecule has 4 heteroatoms. The summed E-state index contributed by atoms with van der Waals surface area (Å²) in [6.07, 6.45) is 4.61. The van der Waals surface area contributed by atoms with E-state index in [1.807, 2.05) is 67.6 Å². The summed E-state index contributed by atoms with van der Waals surface area (Å²) in [4.78, 5) is 17.5. The van der Waals surface area contributed by atoms with E-state index in [-0.39, 0.29) is 5.56 Å². The average molecular weight is 319 g/mol. The quantitative estimate of drug-likeness (QED) is 0.785. The van der Waals surface area contributed by atoms with Crippen LogP contribution >= 0.6 is 0 Å². The zero-order valence-corrected chi connectivity index (χ0v) is 13.8. The Hall–Kier alpha value is -2.72. The van der Waals surface area contributed by atoms with Crippen LogP contribution in [0, 0.1) is 6.92 Å². The average Bonchev–Trinajstić information content (AvgIpc) is 2.61. The van der Waals surface area contributed by atoms with Crippen LogP contribution in [0.5, 0.6) is 0 Å². The molecule has 0 saturated heterocycles. The van der Waals surface area contributed by atoms with Crippen LogP contribution in [0.25, 0.3) is 23.1 Å². The van der Waals surface area contributed by atoms with Crippen LogP contribution in [0.2, 0.25) is 0 Å². The fraction of sp³-hybridized carbons (Fsp3) is 0.200. The molecule has 2 aromatic carbocycles. The Kier molecular flexibility index (Phi) is 4.87. The Morgan fingerprint density at radius 2 is 1.92 bits per heavy atom. The van der Waals surface area contributed by atoms with Gasteiger partial charge in [-0.05, 0) is 43.7 Å². The molecule has 0 aliphatic carbocycles. The van der Waals surface area contributed by atoms with E-state index in [1.165, 1.54) is 0 Å². The van der Waals surface area contributed by atoms with Gasteiger partial charge in [-0.1, -0.05) is 48.0 Å². The fourth-order valence-corrected chi connectivity index (χ4v) is 2.68. The molecule has 0 bridgehead atoms. The van der Waals surface area contributed by atoms with Gasteiger partial charge in [-0.2, -0.15) is 0 Å². The number of aryl methyl sites for hydroxylation is 1. The summed E-state index contributed by atoms with van der Waals surface area (Å²) in [6, 6.07) is 15.8. The molecular weight excluding hydrogens is 298 g/mol. The summed E-state index contributed by atoms with van der Waals surface area (Å²) in [7, 11) is 0. The topological polar surface area (TPSA) is 60.9 Å². The first-order chi connectivity index (χ1) is 11.7. The lowest BCUT2D eigenvalue weighted by Gasteiger charge is -2.11. The number of nitrogens with zero attached hydrogens (tertiary/aromatic N) is 2. The molecule has 0 unspecified atom stereocenters. The highest BCUT2D eigenvalue weighted by Crippen LogP contribution is 2.13. The lowest BCUT2D eigenvalue weighted by molar-refractivity contribution is 0.619. The number of fused-ring (bicyclic) bond motifs is 1. The molecule has 122 valence electrons. The van der Waals surface area contributed by atoms with E-state index in [0.717, 1.165) is 23.1 Å². The van der Waals surface area contributed by atoms with Crippen molar-refractivity contribution in [2.24, 2.45) is 5.73 Å². The van der Waals surface area contributed by atoms with Crippen LogP contribution in [-0.2, 0) is 6.54 Å². The standard InChI is InChI=1S/C20H21N3O/c1-15-8-10-18-17(14-15)20(24)23(13-5-12-21)19(22-18)11-9-16-6-3-2-4-7-16/h2-4,6-11,14H,5,12-13,21H2,1H3. The monoisotopic (exact) mass is 319 g/mol. The molecule has 0 aliphatic heterocycles. The highest BCUT2D eigenvalue weighted by atomic mass is 16.1. The summed E-state index contributed by atoms with van der Waals surface area (Å²) in [5, 5.41) is 0.656. The highest BCUT2D eigenvalue weighted by Gasteiger charge is 2.09. The minimum atomic E-state index is -0.00939. The van der Waals surface area contributed by atoms with Crippen LogP contribution in [0.4, 0.5) is 0 Å². The zero-order chi connectivity index (χ0) is 16.9. The van der Waals surface area contributed by atoms with Crippen LogP contribution < -0.4 is 11.3 Å². The third-order valence-electron chi connectivity index (χ3n) is 3.95. The van der Waals surface area contributed by atoms with Gasteiger partial charge in [0.1, 0.15) is 5.82 Å². The lowest BCUT2D eigenvalue weighted by atomic mass is 10.1. The number of rotatable bonds is 5. The predicted molar refractivity (Wildman–Crippen MR) is 99.8 cm³/mol. The van der Waals surface area contributed by atoms with Crippen molar-refractivity contribution in [1.29, 1.82) is 0 Å². The van der Waals surface area contributed by atoms with Crippen LogP contribution in [0.15, 0.2) is 53.3 Å². The van der Waals surface area contributed by atoms with Crippen molar-refractivity contribution in [3.8, 4) is 0 Å². The molecule has 0 aliphatic rings. The highest BCUT2D eigenvalue weighted by molar-refractivity contribution is 5.80. The first-order valence-corrected chi connectivity index (χ1v) is 8.13. The molecule has 3 rings (SSSR count). The third kappa shape index (κ3) is 3.44. The van der Waals surface area contributed by atoms with Gasteiger partial charge in [0.25, 0.3) is 5.56 Å². The summed E-state index contributed by atoms with van der Waals surface area (Å²) < 4.78 is 1.72. The molecular formula is C20H21N3O. The second-order valence-corrected chi connectivity index (χ2v) is 5.83. The zero-order valence-electron chi connectivity index (χ0n) is 13.8. The van der Waals surface area contributed by atoms with Gasteiger partial charge in [0.05, 0.1) is 10.9 Å². The van der Waals surface area contributed by atoms with Crippen molar-refractivity contribution < 1.29 is 0 Å². The molecule has 2 N–H and O–H groups in total. The largest absolute Gasteiger partial charge is 0.330 e. The maximum atomic E-state index is 12.9. The first-order valence-electron chi connectivity index (χ1n) is 8.13. The first kappa shape index (κ1) is 16.1. The Morgan fingerprint density at radius 3 is 2.67 bits per heavy atom. The normalized spacial score (nSPS) is 11.4. The number of hydrogen-bond donors (Lipinski definition) is 1. The van der Waals surface area contributed by atoms with Crippen LogP contribution in [0.1, 0.15) is 23.4 Å². The maximum absolute atomic E-state index is 12.9. The van der Waals surface area contributed by atoms with Gasteiger partial charge in [0.15, 0.2) is 0 Å². The van der Waals surface area contributed by atoms with E-state index in [4.69, 9.17) is 5.73 Å². The van der Waals surface area contributed by atoms with Gasteiger partial charge >= 0.3 is 0 Å². The Morgan fingerprint density at radius 1 is 1.12 bits per heavy atom. The van der Waals surface area contributed by atoms with E-state index in [0.29, 0.717) is 24.3 Å². The molecule has 0 fully saturated rings. The van der Waals surface area contributed by atoms with E-state index >= 15 is 0 Å². The second-order valence-electron chi connectivity index (χ2n) is 5.83. The smallest absolute Gasteiger partial charge is 0.261 e. The maximum Gasteiger partial charge on any atom is 0.261 e. The summed E-state index contributed by atoms with van der Waals surface area (Å²) in [6.45, 7) is 3.09. The molecule has 3 aromatic rings. The fourth-order valence-electron chi connectivity index (χ4n) is 2.68. The molecule has 0 spiro atoms. The Balaban J connectivity index is 2.12. The SMILES string of the molecule is Cc1ccc2nc(C=Cc3ccccc3)n(CCCN)c(=O)c2c1. The number of benzene rings is 2. The van der Waals surface area contributed by atoms with Crippen molar-refractivity contribution in [2.75, 3.05) is 6.54 Å². The molecule has 24 heavy (non-hydrogen) atoms. The van der Waals surface area contributed by atoms with Crippen molar-refractivity contribution in [3.63, 3.8) is 0 Å². The molecule has 1 heterocycles. The predicted octanol–water partition coefficient (Wildman–Crippen LogP) is 3.22. The molecule has 1 aromatic heterocycles. The Labute approximate surface area is 141 Å². The Bertz CT molecular complexity index is 927. The van der Waals surface area contributed by atoms with Crippen molar-refractivity contribution in [1.82, 2.24) is 9.55 Å². The van der Waals surface area contributed by atoms with Gasteiger partial charge in [0, 0.05) is 6.54 Å². The molecule has 0 radical (unpaired) electrons. The van der Waals surface area contributed by atoms with E-state index in [1.54, 1.807) is 4.57 Å². The summed E-state index contributed by atoms with van der Waals surface area (Å²) in [5.74, 6) is 0.661. The third-order valence-corrected chi connectivity index (χ3v) is 3.95. The van der Waals surface area contributed by atoms with E-state index < -0.39 is 0 Å². The molecule has 0 atom stereocenters. The van der Waals surface area contributed by atoms with Crippen molar-refractivity contribution in [3.05, 3.63) is 75.8 Å². The molecule has 4 nitrogen and oxygen atoms in total. The summed E-state index contributed by atoms with van der Waals surface area (Å²) in [5.41, 5.74) is 8.46. The van der Waals surface area contributed by atoms with Crippen LogP contribution in [0.3, 0.4) is 0 Å². The molecule has 0 amide bonds. The molecule has 0 saturated carbocycles. The van der Waals surface area contributed by atoms with Gasteiger partial charge in [-0.25, -0.2) is 4.98 Å². The summed E-state index contributed by atoms with van der Waals surface area (Å²) >= 11 is 0. The number of aromatic nitrogens is 2. The van der Waals surface area contributed by atoms with Gasteiger partial charge in [-0.15, -0.1) is 0 Å². The van der Waals surface area contributed by atoms with E-state index in [2.05, 4.69) is 4.98 Å². The second kappa shape index (κ2) is 7.23. The number of hydrogen-bond acceptors (Lipinski definition) is 3. The van der Waals surface area contributed by atoms with Gasteiger partial charge < -0.3 is 5.73 Å². The van der Waals surface area contributed by atoms with Crippen molar-refractivity contribution in [2.45, 2.75) is 19.9 Å².